The first-order valence-electron chi connectivity index (χ1n) is 9.18. The molecule has 0 N–H and O–H groups in total. The lowest BCUT2D eigenvalue weighted by Gasteiger charge is -2.27. The molecule has 2 aliphatic heterocycles. The van der Waals surface area contributed by atoms with Gasteiger partial charge < -0.3 is 9.64 Å². The number of amides is 1. The van der Waals surface area contributed by atoms with Gasteiger partial charge in [-0.15, -0.1) is 0 Å². The fourth-order valence-electron chi connectivity index (χ4n) is 3.77. The van der Waals surface area contributed by atoms with Crippen LogP contribution in [0.2, 0.25) is 0 Å². The molecule has 0 radical (unpaired) electrons. The van der Waals surface area contributed by atoms with Crippen molar-refractivity contribution >= 4 is 21.6 Å². The molecule has 2 aliphatic rings. The number of rotatable bonds is 3. The molecule has 1 saturated heterocycles. The third-order valence-corrected chi connectivity index (χ3v) is 7.11. The zero-order chi connectivity index (χ0) is 19.9. The van der Waals surface area contributed by atoms with Crippen LogP contribution in [0.3, 0.4) is 0 Å². The van der Waals surface area contributed by atoms with Gasteiger partial charge in [-0.05, 0) is 43.2 Å². The Morgan fingerprint density at radius 1 is 1.14 bits per heavy atom. The van der Waals surface area contributed by atoms with Crippen LogP contribution in [-0.4, -0.2) is 51.0 Å². The molecule has 2 aromatic carbocycles. The Morgan fingerprint density at radius 3 is 2.61 bits per heavy atom. The highest BCUT2D eigenvalue weighted by molar-refractivity contribution is 7.89. The second-order valence-corrected chi connectivity index (χ2v) is 8.93. The number of halogens is 1. The van der Waals surface area contributed by atoms with Gasteiger partial charge >= 0.3 is 0 Å². The van der Waals surface area contributed by atoms with E-state index in [0.717, 1.165) is 29.8 Å². The highest BCUT2D eigenvalue weighted by atomic mass is 32.2. The van der Waals surface area contributed by atoms with Gasteiger partial charge in [-0.1, -0.05) is 18.2 Å². The zero-order valence-corrected chi connectivity index (χ0v) is 16.3. The van der Waals surface area contributed by atoms with E-state index in [9.17, 15) is 17.6 Å². The average molecular weight is 404 g/mol. The number of morpholine rings is 1. The number of hydrogen-bond donors (Lipinski definition) is 0. The van der Waals surface area contributed by atoms with E-state index in [-0.39, 0.29) is 43.8 Å². The summed E-state index contributed by atoms with van der Waals surface area (Å²) in [6, 6.07) is 11.1. The summed E-state index contributed by atoms with van der Waals surface area (Å²) in [4.78, 5) is 14.3. The predicted octanol–water partition coefficient (Wildman–Crippen LogP) is 2.44. The van der Waals surface area contributed by atoms with E-state index >= 15 is 0 Å². The van der Waals surface area contributed by atoms with Crippen LogP contribution in [0.25, 0.3) is 0 Å². The number of carbonyl (C=O) groups excluding carboxylic acids is 1. The third kappa shape index (κ3) is 3.21. The van der Waals surface area contributed by atoms with Crippen LogP contribution in [-0.2, 0) is 21.2 Å². The molecule has 6 nitrogen and oxygen atoms in total. The Hall–Kier alpha value is -2.29. The maximum Gasteiger partial charge on any atom is 0.258 e. The van der Waals surface area contributed by atoms with Crippen molar-refractivity contribution in [3.8, 4) is 0 Å². The van der Waals surface area contributed by atoms with Gasteiger partial charge in [-0.25, -0.2) is 12.8 Å². The molecule has 2 heterocycles. The van der Waals surface area contributed by atoms with Crippen molar-refractivity contribution in [1.82, 2.24) is 4.31 Å². The van der Waals surface area contributed by atoms with Crippen LogP contribution in [0.15, 0.2) is 47.4 Å². The highest BCUT2D eigenvalue weighted by Gasteiger charge is 2.34. The Labute approximate surface area is 163 Å². The number of hydrogen-bond acceptors (Lipinski definition) is 4. The fourth-order valence-corrected chi connectivity index (χ4v) is 5.27. The van der Waals surface area contributed by atoms with Crippen molar-refractivity contribution in [3.05, 3.63) is 59.4 Å². The molecule has 8 heteroatoms. The highest BCUT2D eigenvalue weighted by Crippen LogP contribution is 2.33. The van der Waals surface area contributed by atoms with E-state index < -0.39 is 20.7 Å². The first kappa shape index (κ1) is 19.0. The van der Waals surface area contributed by atoms with E-state index in [2.05, 4.69) is 0 Å². The van der Waals surface area contributed by atoms with Gasteiger partial charge in [0.25, 0.3) is 5.91 Å². The maximum atomic E-state index is 14.4. The summed E-state index contributed by atoms with van der Waals surface area (Å²) in [5.41, 5.74) is 2.02. The van der Waals surface area contributed by atoms with Gasteiger partial charge in [0.2, 0.25) is 10.0 Å². The number of carbonyl (C=O) groups is 1. The van der Waals surface area contributed by atoms with Crippen molar-refractivity contribution in [3.63, 3.8) is 0 Å². The smallest absolute Gasteiger partial charge is 0.258 e. The summed E-state index contributed by atoms with van der Waals surface area (Å²) >= 11 is 0. The number of sulfonamides is 1. The molecule has 28 heavy (non-hydrogen) atoms. The molecule has 0 bridgehead atoms. The summed E-state index contributed by atoms with van der Waals surface area (Å²) in [6.45, 7) is 2.79. The molecule has 0 saturated carbocycles. The normalized spacial score (nSPS) is 20.2. The number of anilines is 1. The maximum absolute atomic E-state index is 14.4. The molecule has 1 atom stereocenters. The van der Waals surface area contributed by atoms with Gasteiger partial charge in [-0.2, -0.15) is 4.31 Å². The lowest BCUT2D eigenvalue weighted by atomic mass is 10.1. The average Bonchev–Trinajstić information content (AvgIpc) is 3.04. The minimum absolute atomic E-state index is 0.0609. The molecular formula is C20H21FN2O4S. The molecule has 0 aromatic heterocycles. The standard InChI is InChI=1S/C20H21FN2O4S/c1-14-12-15-4-2-3-5-18(15)23(14)20(24)16-6-7-17(21)19(13-16)28(25,26)22-8-10-27-11-9-22/h2-7,13-14H,8-12H2,1H3. The minimum Gasteiger partial charge on any atom is -0.379 e. The molecule has 148 valence electrons. The molecule has 0 spiro atoms. The largest absolute Gasteiger partial charge is 0.379 e. The number of ether oxygens (including phenoxy) is 1. The summed E-state index contributed by atoms with van der Waals surface area (Å²) in [6.07, 6.45) is 0.724. The Bertz CT molecular complexity index is 1020. The van der Waals surface area contributed by atoms with Crippen molar-refractivity contribution in [2.75, 3.05) is 31.2 Å². The van der Waals surface area contributed by atoms with Gasteiger partial charge in [-0.3, -0.25) is 4.79 Å². The van der Waals surface area contributed by atoms with Crippen molar-refractivity contribution < 1.29 is 22.3 Å². The number of para-hydroxylation sites is 1. The number of fused-ring (bicyclic) bond motifs is 1. The van der Waals surface area contributed by atoms with Gasteiger partial charge in [0, 0.05) is 30.4 Å². The first-order chi connectivity index (χ1) is 13.4. The molecule has 0 aliphatic carbocycles. The Kier molecular flexibility index (Phi) is 4.95. The molecule has 1 fully saturated rings. The van der Waals surface area contributed by atoms with Crippen molar-refractivity contribution in [2.45, 2.75) is 24.3 Å². The Morgan fingerprint density at radius 2 is 1.86 bits per heavy atom. The third-order valence-electron chi connectivity index (χ3n) is 5.19. The van der Waals surface area contributed by atoms with E-state index in [1.807, 2.05) is 31.2 Å². The molecule has 4 rings (SSSR count). The molecule has 1 amide bonds. The lowest BCUT2D eigenvalue weighted by molar-refractivity contribution is 0.0729. The second-order valence-electron chi connectivity index (χ2n) is 7.02. The van der Waals surface area contributed by atoms with Crippen LogP contribution in [0.1, 0.15) is 22.8 Å². The summed E-state index contributed by atoms with van der Waals surface area (Å²) in [5.74, 6) is -1.20. The van der Waals surface area contributed by atoms with Crippen LogP contribution >= 0.6 is 0 Å². The Balaban J connectivity index is 1.70. The lowest BCUT2D eigenvalue weighted by Crippen LogP contribution is -2.41. The van der Waals surface area contributed by atoms with Crippen molar-refractivity contribution in [1.29, 1.82) is 0 Å². The van der Waals surface area contributed by atoms with Gasteiger partial charge in [0.1, 0.15) is 10.7 Å². The molecule has 2 aromatic rings. The number of nitrogens with zero attached hydrogens (tertiary/aromatic N) is 2. The topological polar surface area (TPSA) is 66.9 Å². The van der Waals surface area contributed by atoms with Gasteiger partial charge in [0.05, 0.1) is 13.2 Å². The predicted molar refractivity (Wildman–Crippen MR) is 102 cm³/mol. The fraction of sp³-hybridized carbons (Fsp3) is 0.350. The first-order valence-corrected chi connectivity index (χ1v) is 10.6. The summed E-state index contributed by atoms with van der Waals surface area (Å²) < 4.78 is 46.5. The van der Waals surface area contributed by atoms with E-state index in [1.54, 1.807) is 4.90 Å². The monoisotopic (exact) mass is 404 g/mol. The van der Waals surface area contributed by atoms with Crippen LogP contribution in [0.4, 0.5) is 10.1 Å². The minimum atomic E-state index is -4.04. The quantitative estimate of drug-likeness (QED) is 0.788. The van der Waals surface area contributed by atoms with E-state index in [4.69, 9.17) is 4.74 Å². The second kappa shape index (κ2) is 7.27. The van der Waals surface area contributed by atoms with Gasteiger partial charge in [0.15, 0.2) is 0 Å². The zero-order valence-electron chi connectivity index (χ0n) is 15.5. The van der Waals surface area contributed by atoms with E-state index in [1.165, 1.54) is 10.4 Å². The van der Waals surface area contributed by atoms with Crippen LogP contribution in [0, 0.1) is 5.82 Å². The molecular weight excluding hydrogens is 383 g/mol. The van der Waals surface area contributed by atoms with E-state index in [0.29, 0.717) is 0 Å². The summed E-state index contributed by atoms with van der Waals surface area (Å²) in [7, 11) is -4.04. The van der Waals surface area contributed by atoms with Crippen LogP contribution < -0.4 is 4.90 Å². The SMILES string of the molecule is CC1Cc2ccccc2N1C(=O)c1ccc(F)c(S(=O)(=O)N2CCOCC2)c1. The van der Waals surface area contributed by atoms with Crippen LogP contribution in [0.5, 0.6) is 0 Å². The summed E-state index contributed by atoms with van der Waals surface area (Å²) in [5, 5.41) is 0. The van der Waals surface area contributed by atoms with Crippen molar-refractivity contribution in [2.24, 2.45) is 0 Å². The molecule has 1 unspecified atom stereocenters. The number of benzene rings is 2.